The average molecular weight is 300 g/mol. The predicted molar refractivity (Wildman–Crippen MR) is 85.4 cm³/mol. The second-order valence-electron chi connectivity index (χ2n) is 5.01. The number of anilines is 1. The maximum absolute atomic E-state index is 12.2. The van der Waals surface area contributed by atoms with E-state index in [1.165, 1.54) is 0 Å². The fourth-order valence-corrected chi connectivity index (χ4v) is 2.18. The molecule has 116 valence electrons. The Morgan fingerprint density at radius 3 is 2.73 bits per heavy atom. The maximum atomic E-state index is 12.2. The first-order chi connectivity index (χ1) is 10.6. The van der Waals surface area contributed by atoms with Gasteiger partial charge in [-0.25, -0.2) is 0 Å². The van der Waals surface area contributed by atoms with Crippen LogP contribution in [0.3, 0.4) is 0 Å². The van der Waals surface area contributed by atoms with Crippen LogP contribution in [0.25, 0.3) is 0 Å². The summed E-state index contributed by atoms with van der Waals surface area (Å²) in [6.07, 6.45) is 3.87. The molecule has 0 fully saturated rings. The highest BCUT2D eigenvalue weighted by molar-refractivity contribution is 5.93. The molecule has 1 aromatic heterocycles. The molecule has 0 spiro atoms. The molecule has 22 heavy (non-hydrogen) atoms. The number of carbonyl (C=O) groups excluding carboxylic acids is 1. The van der Waals surface area contributed by atoms with Gasteiger partial charge in [0.25, 0.3) is 0 Å². The van der Waals surface area contributed by atoms with Crippen LogP contribution in [0.2, 0.25) is 0 Å². The number of aromatic nitrogens is 1. The maximum Gasteiger partial charge on any atom is 0.225 e. The van der Waals surface area contributed by atoms with E-state index < -0.39 is 0 Å². The molecule has 1 N–H and O–H groups in total. The van der Waals surface area contributed by atoms with E-state index in [1.54, 1.807) is 44.8 Å². The quantitative estimate of drug-likeness (QED) is 0.889. The first-order valence-electron chi connectivity index (χ1n) is 7.06. The van der Waals surface area contributed by atoms with E-state index in [2.05, 4.69) is 10.3 Å². The number of hydrogen-bond acceptors (Lipinski definition) is 4. The molecule has 2 aromatic rings. The SMILES string of the molecule is COc1ccc(OC)c(NC(=O)CC(C)c2cccnc2)c1. The van der Waals surface area contributed by atoms with Crippen LogP contribution in [0.15, 0.2) is 42.7 Å². The van der Waals surface area contributed by atoms with Gasteiger partial charge in [0.15, 0.2) is 0 Å². The summed E-state index contributed by atoms with van der Waals surface area (Å²) < 4.78 is 10.4. The summed E-state index contributed by atoms with van der Waals surface area (Å²) in [5.74, 6) is 1.27. The topological polar surface area (TPSA) is 60.5 Å². The van der Waals surface area contributed by atoms with Gasteiger partial charge >= 0.3 is 0 Å². The lowest BCUT2D eigenvalue weighted by molar-refractivity contribution is -0.116. The molecular weight excluding hydrogens is 280 g/mol. The number of amides is 1. The van der Waals surface area contributed by atoms with Gasteiger partial charge in [-0.3, -0.25) is 9.78 Å². The lowest BCUT2D eigenvalue weighted by Gasteiger charge is -2.14. The molecule has 0 saturated carbocycles. The minimum Gasteiger partial charge on any atom is -0.497 e. The monoisotopic (exact) mass is 300 g/mol. The third-order valence-electron chi connectivity index (χ3n) is 3.43. The summed E-state index contributed by atoms with van der Waals surface area (Å²) in [5, 5.41) is 2.87. The van der Waals surface area contributed by atoms with Crippen LogP contribution in [-0.4, -0.2) is 25.1 Å². The average Bonchev–Trinajstić information content (AvgIpc) is 2.55. The normalized spacial score (nSPS) is 11.6. The molecule has 1 amide bonds. The zero-order valence-corrected chi connectivity index (χ0v) is 13.0. The summed E-state index contributed by atoms with van der Waals surface area (Å²) in [4.78, 5) is 16.3. The number of benzene rings is 1. The summed E-state index contributed by atoms with van der Waals surface area (Å²) in [5.41, 5.74) is 1.64. The molecule has 1 aromatic carbocycles. The summed E-state index contributed by atoms with van der Waals surface area (Å²) >= 11 is 0. The van der Waals surface area contributed by atoms with Crippen molar-refractivity contribution < 1.29 is 14.3 Å². The summed E-state index contributed by atoms with van der Waals surface area (Å²) in [6.45, 7) is 2.00. The van der Waals surface area contributed by atoms with Crippen molar-refractivity contribution in [2.45, 2.75) is 19.3 Å². The molecule has 0 radical (unpaired) electrons. The van der Waals surface area contributed by atoms with Crippen LogP contribution in [-0.2, 0) is 4.79 Å². The van der Waals surface area contributed by atoms with Gasteiger partial charge in [0.1, 0.15) is 11.5 Å². The van der Waals surface area contributed by atoms with Crippen molar-refractivity contribution in [1.82, 2.24) is 4.98 Å². The number of hydrogen-bond donors (Lipinski definition) is 1. The van der Waals surface area contributed by atoms with Gasteiger partial charge in [0, 0.05) is 24.9 Å². The van der Waals surface area contributed by atoms with Crippen LogP contribution in [0, 0.1) is 0 Å². The Balaban J connectivity index is 2.05. The number of nitrogens with zero attached hydrogens (tertiary/aromatic N) is 1. The van der Waals surface area contributed by atoms with Crippen LogP contribution in [0.4, 0.5) is 5.69 Å². The first kappa shape index (κ1) is 15.8. The number of methoxy groups -OCH3 is 2. The molecule has 0 bridgehead atoms. The van der Waals surface area contributed by atoms with Gasteiger partial charge in [0.2, 0.25) is 5.91 Å². The van der Waals surface area contributed by atoms with E-state index >= 15 is 0 Å². The molecule has 0 aliphatic heterocycles. The summed E-state index contributed by atoms with van der Waals surface area (Å²) in [6, 6.07) is 9.13. The van der Waals surface area contributed by atoms with Crippen LogP contribution >= 0.6 is 0 Å². The van der Waals surface area contributed by atoms with Crippen molar-refractivity contribution in [3.8, 4) is 11.5 Å². The number of rotatable bonds is 6. The Kier molecular flexibility index (Phi) is 5.36. The van der Waals surface area contributed by atoms with E-state index in [9.17, 15) is 4.79 Å². The number of ether oxygens (including phenoxy) is 2. The fourth-order valence-electron chi connectivity index (χ4n) is 2.18. The Hall–Kier alpha value is -2.56. The Morgan fingerprint density at radius 2 is 2.09 bits per heavy atom. The Morgan fingerprint density at radius 1 is 1.27 bits per heavy atom. The molecule has 1 heterocycles. The lowest BCUT2D eigenvalue weighted by Crippen LogP contribution is -2.15. The highest BCUT2D eigenvalue weighted by Gasteiger charge is 2.14. The van der Waals surface area contributed by atoms with Gasteiger partial charge in [-0.15, -0.1) is 0 Å². The number of carbonyl (C=O) groups is 1. The summed E-state index contributed by atoms with van der Waals surface area (Å²) in [7, 11) is 3.15. The molecule has 5 heteroatoms. The van der Waals surface area contributed by atoms with E-state index in [0.717, 1.165) is 5.56 Å². The van der Waals surface area contributed by atoms with E-state index in [-0.39, 0.29) is 11.8 Å². The largest absolute Gasteiger partial charge is 0.497 e. The van der Waals surface area contributed by atoms with Crippen molar-refractivity contribution in [1.29, 1.82) is 0 Å². The first-order valence-corrected chi connectivity index (χ1v) is 7.06. The number of pyridine rings is 1. The van der Waals surface area contributed by atoms with Crippen molar-refractivity contribution in [2.24, 2.45) is 0 Å². The molecule has 1 atom stereocenters. The molecule has 5 nitrogen and oxygen atoms in total. The second kappa shape index (κ2) is 7.45. The van der Waals surface area contributed by atoms with Crippen LogP contribution in [0.1, 0.15) is 24.8 Å². The molecule has 0 aliphatic carbocycles. The van der Waals surface area contributed by atoms with Crippen molar-refractivity contribution >= 4 is 11.6 Å². The zero-order valence-electron chi connectivity index (χ0n) is 13.0. The standard InChI is InChI=1S/C17H20N2O3/c1-12(13-5-4-8-18-11-13)9-17(20)19-15-10-14(21-2)6-7-16(15)22-3/h4-8,10-12H,9H2,1-3H3,(H,19,20). The molecular formula is C17H20N2O3. The third-order valence-corrected chi connectivity index (χ3v) is 3.43. The van der Waals surface area contributed by atoms with Crippen molar-refractivity contribution in [2.75, 3.05) is 19.5 Å². The van der Waals surface area contributed by atoms with Gasteiger partial charge in [0.05, 0.1) is 19.9 Å². The lowest BCUT2D eigenvalue weighted by atomic mass is 9.99. The molecule has 0 saturated heterocycles. The molecule has 2 rings (SSSR count). The Labute approximate surface area is 130 Å². The van der Waals surface area contributed by atoms with Gasteiger partial charge in [-0.2, -0.15) is 0 Å². The van der Waals surface area contributed by atoms with Crippen molar-refractivity contribution in [3.63, 3.8) is 0 Å². The van der Waals surface area contributed by atoms with Gasteiger partial charge in [-0.1, -0.05) is 13.0 Å². The third kappa shape index (κ3) is 3.97. The molecule has 0 aliphatic rings. The number of nitrogens with one attached hydrogen (secondary N) is 1. The predicted octanol–water partition coefficient (Wildman–Crippen LogP) is 3.23. The van der Waals surface area contributed by atoms with Gasteiger partial charge in [-0.05, 0) is 29.7 Å². The van der Waals surface area contributed by atoms with Crippen molar-refractivity contribution in [3.05, 3.63) is 48.3 Å². The molecule has 1 unspecified atom stereocenters. The minimum absolute atomic E-state index is 0.0806. The highest BCUT2D eigenvalue weighted by Crippen LogP contribution is 2.29. The van der Waals surface area contributed by atoms with E-state index in [0.29, 0.717) is 23.6 Å². The van der Waals surface area contributed by atoms with E-state index in [1.807, 2.05) is 19.1 Å². The van der Waals surface area contributed by atoms with Crippen LogP contribution < -0.4 is 14.8 Å². The van der Waals surface area contributed by atoms with Crippen LogP contribution in [0.5, 0.6) is 11.5 Å². The fraction of sp³-hybridized carbons (Fsp3) is 0.294. The minimum atomic E-state index is -0.0806. The van der Waals surface area contributed by atoms with Gasteiger partial charge < -0.3 is 14.8 Å². The van der Waals surface area contributed by atoms with E-state index in [4.69, 9.17) is 9.47 Å². The second-order valence-corrected chi connectivity index (χ2v) is 5.01. The zero-order chi connectivity index (χ0) is 15.9. The smallest absolute Gasteiger partial charge is 0.225 e. The Bertz CT molecular complexity index is 629. The highest BCUT2D eigenvalue weighted by atomic mass is 16.5.